The summed E-state index contributed by atoms with van der Waals surface area (Å²) >= 11 is 0. The number of nitrogens with zero attached hydrogens (tertiary/aromatic N) is 1. The summed E-state index contributed by atoms with van der Waals surface area (Å²) in [6.45, 7) is 5.40. The molecule has 0 bridgehead atoms. The van der Waals surface area contributed by atoms with Crippen LogP contribution in [0.3, 0.4) is 0 Å². The fraction of sp³-hybridized carbons (Fsp3) is 1.00. The number of likely N-dealkylation sites (tertiary alicyclic amines) is 1. The van der Waals surface area contributed by atoms with E-state index in [0.717, 1.165) is 25.9 Å². The maximum atomic E-state index is 9.86. The fourth-order valence-electron chi connectivity index (χ4n) is 2.17. The summed E-state index contributed by atoms with van der Waals surface area (Å²) < 4.78 is 10.4. The topological polar surface area (TPSA) is 68.0 Å². The molecule has 0 aliphatic carbocycles. The monoisotopic (exact) mass is 246 g/mol. The molecule has 0 aromatic carbocycles. The van der Waals surface area contributed by atoms with Crippen molar-refractivity contribution in [2.75, 3.05) is 40.0 Å². The third-order valence-electron chi connectivity index (χ3n) is 2.99. The molecule has 3 N–H and O–H groups in total. The van der Waals surface area contributed by atoms with Crippen LogP contribution in [0.15, 0.2) is 0 Å². The Balaban J connectivity index is 2.13. The second kappa shape index (κ2) is 8.00. The van der Waals surface area contributed by atoms with Crippen LogP contribution in [0.25, 0.3) is 0 Å². The molecule has 5 nitrogen and oxygen atoms in total. The molecule has 1 aliphatic heterocycles. The largest absolute Gasteiger partial charge is 0.389 e. The maximum Gasteiger partial charge on any atom is 0.0900 e. The van der Waals surface area contributed by atoms with Crippen LogP contribution in [0.1, 0.15) is 19.8 Å². The van der Waals surface area contributed by atoms with Gasteiger partial charge in [0.05, 0.1) is 25.4 Å². The summed E-state index contributed by atoms with van der Waals surface area (Å²) in [4.78, 5) is 2.21. The predicted octanol–water partition coefficient (Wildman–Crippen LogP) is -0.178. The minimum Gasteiger partial charge on any atom is -0.389 e. The molecule has 1 rings (SSSR count). The molecule has 1 fully saturated rings. The molecule has 0 aromatic heterocycles. The van der Waals surface area contributed by atoms with Crippen LogP contribution in [-0.2, 0) is 9.47 Å². The zero-order chi connectivity index (χ0) is 12.7. The van der Waals surface area contributed by atoms with E-state index in [9.17, 15) is 5.11 Å². The first kappa shape index (κ1) is 14.9. The molecule has 0 spiro atoms. The Labute approximate surface area is 104 Å². The van der Waals surface area contributed by atoms with Gasteiger partial charge in [-0.1, -0.05) is 0 Å². The smallest absolute Gasteiger partial charge is 0.0900 e. The highest BCUT2D eigenvalue weighted by molar-refractivity contribution is 4.76. The number of aliphatic hydroxyl groups is 1. The van der Waals surface area contributed by atoms with Crippen molar-refractivity contribution in [2.45, 2.75) is 38.0 Å². The van der Waals surface area contributed by atoms with Gasteiger partial charge >= 0.3 is 0 Å². The Bertz CT molecular complexity index is 204. The highest BCUT2D eigenvalue weighted by Crippen LogP contribution is 2.08. The maximum absolute atomic E-state index is 9.86. The highest BCUT2D eigenvalue weighted by Gasteiger charge is 2.19. The van der Waals surface area contributed by atoms with Crippen LogP contribution < -0.4 is 5.73 Å². The van der Waals surface area contributed by atoms with Crippen molar-refractivity contribution in [1.29, 1.82) is 0 Å². The van der Waals surface area contributed by atoms with Crippen molar-refractivity contribution < 1.29 is 14.6 Å². The van der Waals surface area contributed by atoms with E-state index in [2.05, 4.69) is 4.90 Å². The number of rotatable bonds is 7. The molecule has 0 radical (unpaired) electrons. The molecule has 0 aromatic rings. The Hall–Kier alpha value is -0.200. The van der Waals surface area contributed by atoms with Gasteiger partial charge in [0.1, 0.15) is 0 Å². The predicted molar refractivity (Wildman–Crippen MR) is 66.9 cm³/mol. The third kappa shape index (κ3) is 6.33. The molecule has 0 saturated carbocycles. The van der Waals surface area contributed by atoms with Crippen LogP contribution >= 0.6 is 0 Å². The lowest BCUT2D eigenvalue weighted by atomic mass is 10.1. The number of β-amino-alcohol motifs (C(OH)–C–C–N with tert-alkyl or cyclic N) is 1. The number of hydrogen-bond acceptors (Lipinski definition) is 5. The second-order valence-electron chi connectivity index (χ2n) is 4.91. The number of hydrogen-bond donors (Lipinski definition) is 2. The van der Waals surface area contributed by atoms with E-state index >= 15 is 0 Å². The van der Waals surface area contributed by atoms with Crippen molar-refractivity contribution in [1.82, 2.24) is 4.90 Å². The number of ether oxygens (including phenoxy) is 2. The molecular formula is C12H26N2O3. The quantitative estimate of drug-likeness (QED) is 0.652. The van der Waals surface area contributed by atoms with E-state index < -0.39 is 6.10 Å². The highest BCUT2D eigenvalue weighted by atomic mass is 16.5. The van der Waals surface area contributed by atoms with E-state index in [1.807, 2.05) is 6.92 Å². The summed E-state index contributed by atoms with van der Waals surface area (Å²) in [5.41, 5.74) is 5.89. The van der Waals surface area contributed by atoms with E-state index in [1.165, 1.54) is 0 Å². The molecule has 3 unspecified atom stereocenters. The van der Waals surface area contributed by atoms with E-state index in [1.54, 1.807) is 7.11 Å². The lowest BCUT2D eigenvalue weighted by Crippen LogP contribution is -2.46. The van der Waals surface area contributed by atoms with E-state index in [0.29, 0.717) is 19.8 Å². The summed E-state index contributed by atoms with van der Waals surface area (Å²) in [5, 5.41) is 9.86. The van der Waals surface area contributed by atoms with Crippen LogP contribution in [0.5, 0.6) is 0 Å². The van der Waals surface area contributed by atoms with Crippen molar-refractivity contribution in [3.63, 3.8) is 0 Å². The van der Waals surface area contributed by atoms with Crippen molar-refractivity contribution in [2.24, 2.45) is 5.73 Å². The standard InChI is InChI=1S/C12H26N2O3/c1-10(8-16-2)17-9-12(15)7-14-5-3-4-11(13)6-14/h10-12,15H,3-9,13H2,1-2H3. The van der Waals surface area contributed by atoms with Gasteiger partial charge in [-0.3, -0.25) is 4.90 Å². The fourth-order valence-corrected chi connectivity index (χ4v) is 2.17. The molecule has 1 saturated heterocycles. The van der Waals surface area contributed by atoms with Crippen LogP contribution in [0.2, 0.25) is 0 Å². The normalized spacial score (nSPS) is 25.8. The molecule has 1 heterocycles. The third-order valence-corrected chi connectivity index (χ3v) is 2.99. The van der Waals surface area contributed by atoms with Gasteiger partial charge in [0.2, 0.25) is 0 Å². The Morgan fingerprint density at radius 2 is 2.24 bits per heavy atom. The van der Waals surface area contributed by atoms with Gasteiger partial charge in [-0.15, -0.1) is 0 Å². The number of piperidine rings is 1. The minimum atomic E-state index is -0.445. The van der Waals surface area contributed by atoms with Crippen molar-refractivity contribution >= 4 is 0 Å². The average molecular weight is 246 g/mol. The molecule has 5 heteroatoms. The Kier molecular flexibility index (Phi) is 6.99. The summed E-state index contributed by atoms with van der Waals surface area (Å²) in [7, 11) is 1.64. The summed E-state index contributed by atoms with van der Waals surface area (Å²) in [6, 6.07) is 0.254. The van der Waals surface area contributed by atoms with E-state index in [-0.39, 0.29) is 12.1 Å². The molecule has 1 aliphatic rings. The van der Waals surface area contributed by atoms with Crippen LogP contribution in [0, 0.1) is 0 Å². The summed E-state index contributed by atoms with van der Waals surface area (Å²) in [5.74, 6) is 0. The number of aliphatic hydroxyl groups excluding tert-OH is 1. The SMILES string of the molecule is COCC(C)OCC(O)CN1CCCC(N)C1. The molecule has 0 amide bonds. The van der Waals surface area contributed by atoms with Gasteiger partial charge in [-0.05, 0) is 26.3 Å². The molecule has 17 heavy (non-hydrogen) atoms. The van der Waals surface area contributed by atoms with Gasteiger partial charge in [0, 0.05) is 26.2 Å². The Morgan fingerprint density at radius 3 is 2.88 bits per heavy atom. The zero-order valence-electron chi connectivity index (χ0n) is 11.0. The van der Waals surface area contributed by atoms with Crippen molar-refractivity contribution in [3.8, 4) is 0 Å². The van der Waals surface area contributed by atoms with E-state index in [4.69, 9.17) is 15.2 Å². The molecule has 3 atom stereocenters. The first-order chi connectivity index (χ1) is 8.11. The Morgan fingerprint density at radius 1 is 1.47 bits per heavy atom. The lowest BCUT2D eigenvalue weighted by molar-refractivity contribution is -0.0412. The molecule has 102 valence electrons. The second-order valence-corrected chi connectivity index (χ2v) is 4.91. The first-order valence-electron chi connectivity index (χ1n) is 6.38. The first-order valence-corrected chi connectivity index (χ1v) is 6.38. The lowest BCUT2D eigenvalue weighted by Gasteiger charge is -2.32. The zero-order valence-corrected chi connectivity index (χ0v) is 11.0. The van der Waals surface area contributed by atoms with Crippen LogP contribution in [0.4, 0.5) is 0 Å². The average Bonchev–Trinajstić information content (AvgIpc) is 2.27. The van der Waals surface area contributed by atoms with Gasteiger partial charge < -0.3 is 20.3 Å². The summed E-state index contributed by atoms with van der Waals surface area (Å²) in [6.07, 6.45) is 1.79. The molecular weight excluding hydrogens is 220 g/mol. The van der Waals surface area contributed by atoms with Gasteiger partial charge in [0.15, 0.2) is 0 Å². The van der Waals surface area contributed by atoms with Gasteiger partial charge in [0.25, 0.3) is 0 Å². The number of methoxy groups -OCH3 is 1. The van der Waals surface area contributed by atoms with Gasteiger partial charge in [-0.25, -0.2) is 0 Å². The number of nitrogens with two attached hydrogens (primary N) is 1. The van der Waals surface area contributed by atoms with Gasteiger partial charge in [-0.2, -0.15) is 0 Å². The minimum absolute atomic E-state index is 0.0262. The van der Waals surface area contributed by atoms with Crippen LogP contribution in [-0.4, -0.2) is 68.2 Å². The van der Waals surface area contributed by atoms with Crippen molar-refractivity contribution in [3.05, 3.63) is 0 Å².